The van der Waals surface area contributed by atoms with E-state index in [-0.39, 0.29) is 5.91 Å². The summed E-state index contributed by atoms with van der Waals surface area (Å²) in [6, 6.07) is 18.0. The number of halogens is 1. The fraction of sp³-hybridized carbons (Fsp3) is 0.200. The van der Waals surface area contributed by atoms with Gasteiger partial charge >= 0.3 is 0 Å². The van der Waals surface area contributed by atoms with Gasteiger partial charge in [-0.1, -0.05) is 51.4 Å². The topological polar surface area (TPSA) is 46.3 Å². The second-order valence-electron chi connectivity index (χ2n) is 6.22. The smallest absolute Gasteiger partial charge is 0.259 e. The van der Waals surface area contributed by atoms with Gasteiger partial charge in [0.25, 0.3) is 5.91 Å². The van der Waals surface area contributed by atoms with Crippen LogP contribution >= 0.6 is 15.9 Å². The Morgan fingerprint density at radius 1 is 1.12 bits per heavy atom. The first-order valence-corrected chi connectivity index (χ1v) is 9.06. The number of carbonyl (C=O) groups is 1. The summed E-state index contributed by atoms with van der Waals surface area (Å²) in [4.78, 5) is 14.9. The van der Waals surface area contributed by atoms with Crippen LogP contribution in [0.5, 0.6) is 0 Å². The van der Waals surface area contributed by atoms with Gasteiger partial charge in [0.05, 0.1) is 6.20 Å². The Hall–Kier alpha value is -2.40. The number of likely N-dealkylation sites (tertiary alicyclic amines) is 1. The number of aromatic nitrogens is 1. The average molecular weight is 397 g/mol. The molecule has 2 heterocycles. The summed E-state index contributed by atoms with van der Waals surface area (Å²) in [5.41, 5.74) is 2.66. The quantitative estimate of drug-likeness (QED) is 0.642. The van der Waals surface area contributed by atoms with E-state index in [1.165, 1.54) is 11.8 Å². The molecule has 4 nitrogen and oxygen atoms in total. The molecule has 1 unspecified atom stereocenters. The molecule has 1 atom stereocenters. The fourth-order valence-electron chi connectivity index (χ4n) is 3.31. The Kier molecular flexibility index (Phi) is 4.40. The molecule has 1 aromatic heterocycles. The zero-order chi connectivity index (χ0) is 17.2. The van der Waals surface area contributed by atoms with Crippen molar-refractivity contribution in [1.29, 1.82) is 0 Å². The first-order chi connectivity index (χ1) is 12.2. The molecule has 126 valence electrons. The third kappa shape index (κ3) is 3.24. The molecule has 1 fully saturated rings. The average Bonchev–Trinajstić information content (AvgIpc) is 3.32. The molecule has 1 saturated heterocycles. The van der Waals surface area contributed by atoms with E-state index >= 15 is 0 Å². The summed E-state index contributed by atoms with van der Waals surface area (Å²) in [5.74, 6) is 0.902. The third-order valence-electron chi connectivity index (χ3n) is 4.65. The van der Waals surface area contributed by atoms with Crippen LogP contribution in [0.25, 0.3) is 11.3 Å². The largest absolute Gasteiger partial charge is 0.355 e. The van der Waals surface area contributed by atoms with E-state index in [1.807, 2.05) is 47.4 Å². The maximum absolute atomic E-state index is 13.0. The van der Waals surface area contributed by atoms with Crippen LogP contribution in [-0.2, 0) is 0 Å². The molecule has 1 aliphatic rings. The SMILES string of the molecule is O=C(c1cnoc1-c1ccc(Br)cc1)N1CCC(c2ccccc2)C1. The van der Waals surface area contributed by atoms with Gasteiger partial charge in [0.15, 0.2) is 5.76 Å². The fourth-order valence-corrected chi connectivity index (χ4v) is 3.58. The molecule has 1 aliphatic heterocycles. The number of hydrogen-bond acceptors (Lipinski definition) is 3. The van der Waals surface area contributed by atoms with Gasteiger partial charge in [0.1, 0.15) is 5.56 Å². The van der Waals surface area contributed by atoms with Crippen molar-refractivity contribution in [1.82, 2.24) is 10.1 Å². The van der Waals surface area contributed by atoms with Crippen molar-refractivity contribution in [3.05, 3.63) is 76.4 Å². The van der Waals surface area contributed by atoms with Gasteiger partial charge in [0, 0.05) is 29.0 Å². The van der Waals surface area contributed by atoms with E-state index in [0.29, 0.717) is 17.2 Å². The molecular formula is C20H17BrN2O2. The molecule has 0 bridgehead atoms. The monoisotopic (exact) mass is 396 g/mol. The number of carbonyl (C=O) groups excluding carboxylic acids is 1. The highest BCUT2D eigenvalue weighted by Gasteiger charge is 2.30. The van der Waals surface area contributed by atoms with E-state index < -0.39 is 0 Å². The number of amides is 1. The molecule has 2 aromatic carbocycles. The van der Waals surface area contributed by atoms with Crippen molar-refractivity contribution in [2.24, 2.45) is 0 Å². The molecule has 3 aromatic rings. The highest BCUT2D eigenvalue weighted by atomic mass is 79.9. The van der Waals surface area contributed by atoms with Crippen molar-refractivity contribution in [3.8, 4) is 11.3 Å². The number of rotatable bonds is 3. The molecule has 0 spiro atoms. The number of benzene rings is 2. The minimum Gasteiger partial charge on any atom is -0.355 e. The lowest BCUT2D eigenvalue weighted by molar-refractivity contribution is 0.0791. The summed E-state index contributed by atoms with van der Waals surface area (Å²) in [6.45, 7) is 1.48. The van der Waals surface area contributed by atoms with Crippen LogP contribution in [0.4, 0.5) is 0 Å². The van der Waals surface area contributed by atoms with Crippen LogP contribution < -0.4 is 0 Å². The van der Waals surface area contributed by atoms with Gasteiger partial charge in [-0.2, -0.15) is 0 Å². The number of hydrogen-bond donors (Lipinski definition) is 0. The maximum Gasteiger partial charge on any atom is 0.259 e. The van der Waals surface area contributed by atoms with E-state index in [9.17, 15) is 4.79 Å². The molecular weight excluding hydrogens is 380 g/mol. The highest BCUT2D eigenvalue weighted by molar-refractivity contribution is 9.10. The van der Waals surface area contributed by atoms with Crippen molar-refractivity contribution in [2.45, 2.75) is 12.3 Å². The van der Waals surface area contributed by atoms with Crippen molar-refractivity contribution in [2.75, 3.05) is 13.1 Å². The van der Waals surface area contributed by atoms with Crippen LogP contribution in [0.15, 0.2) is 69.8 Å². The Labute approximate surface area is 154 Å². The van der Waals surface area contributed by atoms with Crippen LogP contribution in [0.1, 0.15) is 28.3 Å². The van der Waals surface area contributed by atoms with E-state index in [0.717, 1.165) is 29.5 Å². The van der Waals surface area contributed by atoms with Crippen molar-refractivity contribution in [3.63, 3.8) is 0 Å². The maximum atomic E-state index is 13.0. The lowest BCUT2D eigenvalue weighted by atomic mass is 9.99. The molecule has 0 aliphatic carbocycles. The molecule has 5 heteroatoms. The summed E-state index contributed by atoms with van der Waals surface area (Å²) in [7, 11) is 0. The second-order valence-corrected chi connectivity index (χ2v) is 7.14. The van der Waals surface area contributed by atoms with Gasteiger partial charge in [-0.05, 0) is 36.2 Å². The molecule has 1 amide bonds. The van der Waals surface area contributed by atoms with Gasteiger partial charge < -0.3 is 9.42 Å². The van der Waals surface area contributed by atoms with Gasteiger partial charge in [0.2, 0.25) is 0 Å². The van der Waals surface area contributed by atoms with Gasteiger partial charge in [-0.15, -0.1) is 0 Å². The summed E-state index contributed by atoms with van der Waals surface area (Å²) in [5, 5.41) is 3.86. The Bertz CT molecular complexity index is 874. The summed E-state index contributed by atoms with van der Waals surface area (Å²) < 4.78 is 6.35. The van der Waals surface area contributed by atoms with Crippen LogP contribution in [0.2, 0.25) is 0 Å². The van der Waals surface area contributed by atoms with Crippen molar-refractivity contribution >= 4 is 21.8 Å². The van der Waals surface area contributed by atoms with Crippen LogP contribution in [0.3, 0.4) is 0 Å². The lowest BCUT2D eigenvalue weighted by Gasteiger charge is -2.16. The molecule has 25 heavy (non-hydrogen) atoms. The highest BCUT2D eigenvalue weighted by Crippen LogP contribution is 2.31. The van der Waals surface area contributed by atoms with Gasteiger partial charge in [-0.3, -0.25) is 4.79 Å². The van der Waals surface area contributed by atoms with Gasteiger partial charge in [-0.25, -0.2) is 0 Å². The number of nitrogens with zero attached hydrogens (tertiary/aromatic N) is 2. The Balaban J connectivity index is 1.55. The first kappa shape index (κ1) is 16.1. The van der Waals surface area contributed by atoms with E-state index in [4.69, 9.17) is 4.52 Å². The molecule has 0 N–H and O–H groups in total. The minimum absolute atomic E-state index is 0.0161. The Morgan fingerprint density at radius 2 is 1.88 bits per heavy atom. The lowest BCUT2D eigenvalue weighted by Crippen LogP contribution is -2.28. The van der Waals surface area contributed by atoms with Crippen molar-refractivity contribution < 1.29 is 9.32 Å². The normalized spacial score (nSPS) is 17.0. The third-order valence-corrected chi connectivity index (χ3v) is 5.18. The predicted octanol–water partition coefficient (Wildman–Crippen LogP) is 4.73. The zero-order valence-electron chi connectivity index (χ0n) is 13.6. The van der Waals surface area contributed by atoms with E-state index in [1.54, 1.807) is 0 Å². The second kappa shape index (κ2) is 6.84. The molecule has 0 radical (unpaired) electrons. The Morgan fingerprint density at radius 3 is 2.64 bits per heavy atom. The minimum atomic E-state index is -0.0161. The zero-order valence-corrected chi connectivity index (χ0v) is 15.1. The summed E-state index contributed by atoms with van der Waals surface area (Å²) >= 11 is 3.42. The predicted molar refractivity (Wildman–Crippen MR) is 99.3 cm³/mol. The van der Waals surface area contributed by atoms with E-state index in [2.05, 4.69) is 33.2 Å². The molecule has 4 rings (SSSR count). The van der Waals surface area contributed by atoms with Crippen LogP contribution in [-0.4, -0.2) is 29.1 Å². The summed E-state index contributed by atoms with van der Waals surface area (Å²) in [6.07, 6.45) is 2.50. The van der Waals surface area contributed by atoms with Crippen LogP contribution in [0, 0.1) is 0 Å². The standard InChI is InChI=1S/C20H17BrN2O2/c21-17-8-6-15(7-9-17)19-18(12-22-25-19)20(24)23-11-10-16(13-23)14-4-2-1-3-5-14/h1-9,12,16H,10-11,13H2. The first-order valence-electron chi connectivity index (χ1n) is 8.27. The molecule has 0 saturated carbocycles.